The van der Waals surface area contributed by atoms with Crippen LogP contribution in [0.25, 0.3) is 0 Å². The summed E-state index contributed by atoms with van der Waals surface area (Å²) in [5.41, 5.74) is 0.973. The van der Waals surface area contributed by atoms with Gasteiger partial charge >= 0.3 is 0 Å². The predicted octanol–water partition coefficient (Wildman–Crippen LogP) is 1.87. The van der Waals surface area contributed by atoms with Crippen LogP contribution in [0.2, 0.25) is 0 Å². The lowest BCUT2D eigenvalue weighted by Gasteiger charge is -2.24. The summed E-state index contributed by atoms with van der Waals surface area (Å²) in [4.78, 5) is 2.76. The Bertz CT molecular complexity index is 626. The molecule has 128 valence electrons. The van der Waals surface area contributed by atoms with Crippen molar-refractivity contribution >= 4 is 10.0 Å². The zero-order valence-electron chi connectivity index (χ0n) is 13.8. The fourth-order valence-electron chi connectivity index (χ4n) is 3.37. The molecule has 5 nitrogen and oxygen atoms in total. The lowest BCUT2D eigenvalue weighted by atomic mass is 10.2. The molecule has 2 fully saturated rings. The van der Waals surface area contributed by atoms with Crippen LogP contribution >= 0.6 is 0 Å². The van der Waals surface area contributed by atoms with Crippen molar-refractivity contribution in [2.24, 2.45) is 0 Å². The zero-order chi connectivity index (χ0) is 16.3. The summed E-state index contributed by atoms with van der Waals surface area (Å²) >= 11 is 0. The van der Waals surface area contributed by atoms with E-state index in [2.05, 4.69) is 4.90 Å². The standard InChI is InChI=1S/C17H26N2O3S/c1-15-5-2-7-17(13-15)23(20,21)19-9-4-8-18(10-11-19)14-16-6-3-12-22-16/h2,5,7,13,16H,3-4,6,8-12,14H2,1H3/t16-/m1/s1. The maximum absolute atomic E-state index is 12.8. The van der Waals surface area contributed by atoms with Gasteiger partial charge in [-0.1, -0.05) is 12.1 Å². The van der Waals surface area contributed by atoms with Gasteiger partial charge in [-0.15, -0.1) is 0 Å². The van der Waals surface area contributed by atoms with Gasteiger partial charge in [0.05, 0.1) is 11.0 Å². The molecule has 0 spiro atoms. The molecule has 0 bridgehead atoms. The van der Waals surface area contributed by atoms with Crippen LogP contribution in [0.1, 0.15) is 24.8 Å². The fraction of sp³-hybridized carbons (Fsp3) is 0.647. The first-order valence-corrected chi connectivity index (χ1v) is 9.90. The molecular weight excluding hydrogens is 312 g/mol. The number of ether oxygens (including phenoxy) is 1. The van der Waals surface area contributed by atoms with Crippen molar-refractivity contribution in [2.45, 2.75) is 37.2 Å². The summed E-state index contributed by atoms with van der Waals surface area (Å²) in [5, 5.41) is 0. The van der Waals surface area contributed by atoms with Gasteiger partial charge in [-0.05, 0) is 50.4 Å². The zero-order valence-corrected chi connectivity index (χ0v) is 14.6. The summed E-state index contributed by atoms with van der Waals surface area (Å²) in [5.74, 6) is 0. The van der Waals surface area contributed by atoms with Gasteiger partial charge in [0, 0.05) is 32.8 Å². The maximum atomic E-state index is 12.8. The van der Waals surface area contributed by atoms with Crippen LogP contribution in [0.5, 0.6) is 0 Å². The molecule has 0 aromatic heterocycles. The molecule has 0 N–H and O–H groups in total. The van der Waals surface area contributed by atoms with E-state index in [-0.39, 0.29) is 0 Å². The van der Waals surface area contributed by atoms with Crippen LogP contribution in [-0.4, -0.2) is 63.1 Å². The van der Waals surface area contributed by atoms with Crippen molar-refractivity contribution < 1.29 is 13.2 Å². The van der Waals surface area contributed by atoms with E-state index in [4.69, 9.17) is 4.74 Å². The third-order valence-electron chi connectivity index (χ3n) is 4.66. The molecule has 1 aromatic rings. The molecule has 2 heterocycles. The number of hydrogen-bond donors (Lipinski definition) is 0. The van der Waals surface area contributed by atoms with Crippen molar-refractivity contribution in [3.8, 4) is 0 Å². The average Bonchev–Trinajstić information content (AvgIpc) is 2.91. The first kappa shape index (κ1) is 16.9. The van der Waals surface area contributed by atoms with Crippen molar-refractivity contribution in [1.82, 2.24) is 9.21 Å². The van der Waals surface area contributed by atoms with Gasteiger partial charge in [0.1, 0.15) is 0 Å². The summed E-state index contributed by atoms with van der Waals surface area (Å²) in [6, 6.07) is 7.18. The lowest BCUT2D eigenvalue weighted by Crippen LogP contribution is -2.37. The molecule has 2 saturated heterocycles. The van der Waals surface area contributed by atoms with Crippen molar-refractivity contribution in [3.05, 3.63) is 29.8 Å². The average molecular weight is 338 g/mol. The lowest BCUT2D eigenvalue weighted by molar-refractivity contribution is 0.0749. The van der Waals surface area contributed by atoms with E-state index in [0.29, 0.717) is 24.1 Å². The molecule has 6 heteroatoms. The minimum absolute atomic E-state index is 0.329. The van der Waals surface area contributed by atoms with Crippen LogP contribution in [0, 0.1) is 6.92 Å². The van der Waals surface area contributed by atoms with Crippen LogP contribution in [0.15, 0.2) is 29.2 Å². The van der Waals surface area contributed by atoms with Crippen molar-refractivity contribution in [1.29, 1.82) is 0 Å². The minimum Gasteiger partial charge on any atom is -0.377 e. The Morgan fingerprint density at radius 3 is 2.78 bits per heavy atom. The monoisotopic (exact) mass is 338 g/mol. The van der Waals surface area contributed by atoms with E-state index in [0.717, 1.165) is 51.1 Å². The molecule has 2 aliphatic rings. The molecule has 1 atom stereocenters. The highest BCUT2D eigenvalue weighted by molar-refractivity contribution is 7.89. The Morgan fingerprint density at radius 2 is 2.04 bits per heavy atom. The van der Waals surface area contributed by atoms with Crippen LogP contribution < -0.4 is 0 Å². The summed E-state index contributed by atoms with van der Waals surface area (Å²) in [6.07, 6.45) is 3.47. The summed E-state index contributed by atoms with van der Waals surface area (Å²) < 4.78 is 33.0. The first-order valence-electron chi connectivity index (χ1n) is 8.46. The SMILES string of the molecule is Cc1cccc(S(=O)(=O)N2CCCN(C[C@H]3CCCO3)CC2)c1. The molecule has 2 aliphatic heterocycles. The molecule has 0 unspecified atom stereocenters. The topological polar surface area (TPSA) is 49.9 Å². The Balaban J connectivity index is 1.64. The summed E-state index contributed by atoms with van der Waals surface area (Å²) in [7, 11) is -3.38. The van der Waals surface area contributed by atoms with Crippen molar-refractivity contribution in [3.63, 3.8) is 0 Å². The molecule has 0 amide bonds. The smallest absolute Gasteiger partial charge is 0.243 e. The third-order valence-corrected chi connectivity index (χ3v) is 6.56. The number of hydrogen-bond acceptors (Lipinski definition) is 4. The van der Waals surface area contributed by atoms with E-state index >= 15 is 0 Å². The van der Waals surface area contributed by atoms with Gasteiger partial charge in [-0.3, -0.25) is 4.90 Å². The highest BCUT2D eigenvalue weighted by Gasteiger charge is 2.28. The quantitative estimate of drug-likeness (QED) is 0.841. The van der Waals surface area contributed by atoms with Crippen LogP contribution in [0.4, 0.5) is 0 Å². The molecule has 23 heavy (non-hydrogen) atoms. The van der Waals surface area contributed by atoms with Gasteiger partial charge in [-0.2, -0.15) is 4.31 Å². The molecular formula is C17H26N2O3S. The largest absolute Gasteiger partial charge is 0.377 e. The highest BCUT2D eigenvalue weighted by Crippen LogP contribution is 2.20. The Morgan fingerprint density at radius 1 is 1.17 bits per heavy atom. The number of rotatable bonds is 4. The second-order valence-corrected chi connectivity index (χ2v) is 8.45. The van der Waals surface area contributed by atoms with E-state index < -0.39 is 10.0 Å². The van der Waals surface area contributed by atoms with Crippen LogP contribution in [0.3, 0.4) is 0 Å². The number of sulfonamides is 1. The molecule has 1 aromatic carbocycles. The maximum Gasteiger partial charge on any atom is 0.243 e. The van der Waals surface area contributed by atoms with Crippen LogP contribution in [-0.2, 0) is 14.8 Å². The number of benzene rings is 1. The first-order chi connectivity index (χ1) is 11.1. The second kappa shape index (κ2) is 7.30. The number of nitrogens with zero attached hydrogens (tertiary/aromatic N) is 2. The Kier molecular flexibility index (Phi) is 5.36. The van der Waals surface area contributed by atoms with E-state index in [9.17, 15) is 8.42 Å². The molecule has 0 aliphatic carbocycles. The fourth-order valence-corrected chi connectivity index (χ4v) is 4.95. The van der Waals surface area contributed by atoms with Crippen molar-refractivity contribution in [2.75, 3.05) is 39.3 Å². The van der Waals surface area contributed by atoms with Gasteiger partial charge < -0.3 is 4.74 Å². The third kappa shape index (κ3) is 4.12. The predicted molar refractivity (Wildman–Crippen MR) is 90.0 cm³/mol. The Hall–Kier alpha value is -0.950. The number of aryl methyl sites for hydroxylation is 1. The van der Waals surface area contributed by atoms with E-state index in [1.165, 1.54) is 0 Å². The van der Waals surface area contributed by atoms with E-state index in [1.807, 2.05) is 19.1 Å². The van der Waals surface area contributed by atoms with Gasteiger partial charge in [0.25, 0.3) is 0 Å². The summed E-state index contributed by atoms with van der Waals surface area (Å²) in [6.45, 7) is 6.60. The van der Waals surface area contributed by atoms with Gasteiger partial charge in [0.2, 0.25) is 10.0 Å². The highest BCUT2D eigenvalue weighted by atomic mass is 32.2. The van der Waals surface area contributed by atoms with E-state index in [1.54, 1.807) is 16.4 Å². The van der Waals surface area contributed by atoms with Gasteiger partial charge in [0.15, 0.2) is 0 Å². The Labute approximate surface area is 139 Å². The molecule has 0 radical (unpaired) electrons. The van der Waals surface area contributed by atoms with Gasteiger partial charge in [-0.25, -0.2) is 8.42 Å². The second-order valence-electron chi connectivity index (χ2n) is 6.51. The normalized spacial score (nSPS) is 24.7. The minimum atomic E-state index is -3.38. The molecule has 0 saturated carbocycles. The molecule has 3 rings (SSSR count).